The van der Waals surface area contributed by atoms with Gasteiger partial charge >= 0.3 is 0 Å². The molecule has 0 fully saturated rings. The van der Waals surface area contributed by atoms with E-state index >= 15 is 0 Å². The number of benzene rings is 2. The zero-order chi connectivity index (χ0) is 19.8. The van der Waals surface area contributed by atoms with Gasteiger partial charge in [0.25, 0.3) is 0 Å². The van der Waals surface area contributed by atoms with E-state index in [-0.39, 0.29) is 23.7 Å². The van der Waals surface area contributed by atoms with E-state index in [1.165, 1.54) is 17.7 Å². The van der Waals surface area contributed by atoms with Gasteiger partial charge in [0.15, 0.2) is 0 Å². The lowest BCUT2D eigenvalue weighted by molar-refractivity contribution is -0.134. The molecule has 4 nitrogen and oxygen atoms in total. The molecule has 1 N–H and O–H groups in total. The van der Waals surface area contributed by atoms with Crippen molar-refractivity contribution in [2.24, 2.45) is 0 Å². The molecule has 2 aromatic rings. The van der Waals surface area contributed by atoms with Gasteiger partial charge in [0.1, 0.15) is 5.82 Å². The van der Waals surface area contributed by atoms with Crippen LogP contribution in [0.15, 0.2) is 42.5 Å². The number of carbonyl (C=O) groups is 2. The van der Waals surface area contributed by atoms with Gasteiger partial charge in [-0.05, 0) is 34.2 Å². The highest BCUT2D eigenvalue weighted by Gasteiger charge is 2.32. The van der Waals surface area contributed by atoms with Gasteiger partial charge in [0, 0.05) is 25.7 Å². The summed E-state index contributed by atoms with van der Waals surface area (Å²) >= 11 is 0. The number of likely N-dealkylation sites (N-methyl/N-ethyl adjacent to an activating group) is 1. The van der Waals surface area contributed by atoms with Gasteiger partial charge in [-0.1, -0.05) is 51.1 Å². The van der Waals surface area contributed by atoms with Crippen LogP contribution >= 0.6 is 0 Å². The maximum absolute atomic E-state index is 13.5. The number of anilines is 1. The minimum atomic E-state index is -0.590. The minimum Gasteiger partial charge on any atom is -0.341 e. The molecule has 1 aliphatic rings. The van der Waals surface area contributed by atoms with Gasteiger partial charge in [0.05, 0.1) is 5.92 Å². The van der Waals surface area contributed by atoms with E-state index in [0.29, 0.717) is 17.8 Å². The Labute approximate surface area is 159 Å². The number of nitrogens with zero attached hydrogens (tertiary/aromatic N) is 1. The summed E-state index contributed by atoms with van der Waals surface area (Å²) in [5.74, 6) is -1.44. The molecule has 142 valence electrons. The highest BCUT2D eigenvalue weighted by Crippen LogP contribution is 2.34. The third-order valence-electron chi connectivity index (χ3n) is 4.97. The second kappa shape index (κ2) is 7.14. The van der Waals surface area contributed by atoms with Gasteiger partial charge in [-0.15, -0.1) is 0 Å². The molecule has 2 aromatic carbocycles. The first kappa shape index (κ1) is 19.1. The van der Waals surface area contributed by atoms with Crippen LogP contribution in [0.25, 0.3) is 0 Å². The van der Waals surface area contributed by atoms with Crippen LogP contribution in [0.3, 0.4) is 0 Å². The van der Waals surface area contributed by atoms with Crippen LogP contribution in [0.2, 0.25) is 0 Å². The lowest BCUT2D eigenvalue weighted by atomic mass is 9.86. The van der Waals surface area contributed by atoms with Crippen molar-refractivity contribution in [1.82, 2.24) is 4.90 Å². The molecule has 1 atom stereocenters. The molecule has 1 aliphatic heterocycles. The molecular weight excluding hydrogens is 343 g/mol. The number of nitrogens with one attached hydrogen (secondary N) is 1. The number of rotatable bonds is 3. The first-order chi connectivity index (χ1) is 12.6. The lowest BCUT2D eigenvalue weighted by Gasteiger charge is -2.29. The summed E-state index contributed by atoms with van der Waals surface area (Å²) in [6.07, 6.45) is 0.0742. The normalized spacial score (nSPS) is 16.5. The predicted molar refractivity (Wildman–Crippen MR) is 104 cm³/mol. The van der Waals surface area contributed by atoms with Crippen LogP contribution in [-0.2, 0) is 21.5 Å². The van der Waals surface area contributed by atoms with E-state index in [1.54, 1.807) is 18.0 Å². The van der Waals surface area contributed by atoms with Crippen LogP contribution in [0, 0.1) is 5.82 Å². The van der Waals surface area contributed by atoms with Crippen molar-refractivity contribution in [3.8, 4) is 0 Å². The molecule has 0 aromatic heterocycles. The fourth-order valence-corrected chi connectivity index (χ4v) is 3.39. The fraction of sp³-hybridized carbons (Fsp3) is 0.364. The third kappa shape index (κ3) is 4.18. The molecule has 0 radical (unpaired) electrons. The quantitative estimate of drug-likeness (QED) is 0.882. The van der Waals surface area contributed by atoms with Gasteiger partial charge in [0.2, 0.25) is 11.8 Å². The summed E-state index contributed by atoms with van der Waals surface area (Å²) in [4.78, 5) is 26.6. The van der Waals surface area contributed by atoms with Crippen LogP contribution in [0.5, 0.6) is 0 Å². The molecule has 0 saturated carbocycles. The molecule has 0 bridgehead atoms. The van der Waals surface area contributed by atoms with Crippen LogP contribution < -0.4 is 5.32 Å². The van der Waals surface area contributed by atoms with Gasteiger partial charge in [-0.25, -0.2) is 4.39 Å². The van der Waals surface area contributed by atoms with E-state index in [0.717, 1.165) is 5.56 Å². The average Bonchev–Trinajstić information content (AvgIpc) is 2.59. The molecule has 0 spiro atoms. The Bertz CT molecular complexity index is 869. The van der Waals surface area contributed by atoms with E-state index < -0.39 is 11.7 Å². The van der Waals surface area contributed by atoms with Crippen molar-refractivity contribution >= 4 is 17.5 Å². The number of hydrogen-bond donors (Lipinski definition) is 1. The predicted octanol–water partition coefficient (Wildman–Crippen LogP) is 4.21. The second-order valence-electron chi connectivity index (χ2n) is 8.18. The first-order valence-corrected chi connectivity index (χ1v) is 9.09. The van der Waals surface area contributed by atoms with Crippen molar-refractivity contribution in [3.63, 3.8) is 0 Å². The van der Waals surface area contributed by atoms with Gasteiger partial charge in [-0.3, -0.25) is 9.59 Å². The van der Waals surface area contributed by atoms with Crippen molar-refractivity contribution in [1.29, 1.82) is 0 Å². The number of hydrogen-bond acceptors (Lipinski definition) is 2. The first-order valence-electron chi connectivity index (χ1n) is 9.09. The summed E-state index contributed by atoms with van der Waals surface area (Å²) in [5.41, 5.74) is 3.39. The Morgan fingerprint density at radius 1 is 1.19 bits per heavy atom. The van der Waals surface area contributed by atoms with Crippen molar-refractivity contribution in [2.45, 2.75) is 45.1 Å². The van der Waals surface area contributed by atoms with Crippen molar-refractivity contribution in [2.75, 3.05) is 12.4 Å². The molecule has 5 heteroatoms. The largest absolute Gasteiger partial charge is 0.341 e. The van der Waals surface area contributed by atoms with E-state index in [1.807, 2.05) is 12.1 Å². The monoisotopic (exact) mass is 368 g/mol. The van der Waals surface area contributed by atoms with Crippen molar-refractivity contribution in [3.05, 3.63) is 65.0 Å². The summed E-state index contributed by atoms with van der Waals surface area (Å²) in [7, 11) is 1.73. The Balaban J connectivity index is 1.77. The van der Waals surface area contributed by atoms with Crippen LogP contribution in [0.1, 0.15) is 49.8 Å². The van der Waals surface area contributed by atoms with Crippen LogP contribution in [-0.4, -0.2) is 23.8 Å². The molecule has 2 amide bonds. The molecular formula is C22H25FN2O2. The summed E-state index contributed by atoms with van der Waals surface area (Å²) in [6.45, 7) is 6.93. The number of amides is 2. The molecule has 27 heavy (non-hydrogen) atoms. The second-order valence-corrected chi connectivity index (χ2v) is 8.18. The third-order valence-corrected chi connectivity index (χ3v) is 4.97. The number of fused-ring (bicyclic) bond motifs is 1. The SMILES string of the molecule is CN(Cc1ccc(C(C)(C)C)cc1)C(=O)[C@H]1CC(=O)Nc2cc(F)ccc21. The Morgan fingerprint density at radius 3 is 2.48 bits per heavy atom. The maximum Gasteiger partial charge on any atom is 0.230 e. The van der Waals surface area contributed by atoms with E-state index in [9.17, 15) is 14.0 Å². The standard InChI is InChI=1S/C22H25FN2O2/c1-22(2,3)15-7-5-14(6-8-15)13-25(4)21(27)18-12-20(26)24-19-11-16(23)9-10-17(18)19/h5-11,18H,12-13H2,1-4H3,(H,24,26)/t18-/m0/s1. The highest BCUT2D eigenvalue weighted by molar-refractivity contribution is 6.01. The zero-order valence-corrected chi connectivity index (χ0v) is 16.2. The van der Waals surface area contributed by atoms with Gasteiger partial charge < -0.3 is 10.2 Å². The van der Waals surface area contributed by atoms with E-state index in [4.69, 9.17) is 0 Å². The van der Waals surface area contributed by atoms with Gasteiger partial charge in [-0.2, -0.15) is 0 Å². The highest BCUT2D eigenvalue weighted by atomic mass is 19.1. The summed E-state index contributed by atoms with van der Waals surface area (Å²) in [6, 6.07) is 12.4. The maximum atomic E-state index is 13.5. The molecule has 3 rings (SSSR count). The summed E-state index contributed by atoms with van der Waals surface area (Å²) < 4.78 is 13.5. The molecule has 0 unspecified atom stereocenters. The number of halogens is 1. The fourth-order valence-electron chi connectivity index (χ4n) is 3.39. The minimum absolute atomic E-state index is 0.0742. The average molecular weight is 368 g/mol. The van der Waals surface area contributed by atoms with Crippen molar-refractivity contribution < 1.29 is 14.0 Å². The Hall–Kier alpha value is -2.69. The summed E-state index contributed by atoms with van der Waals surface area (Å²) in [5, 5.41) is 2.64. The topological polar surface area (TPSA) is 49.4 Å². The molecule has 0 saturated heterocycles. The molecule has 0 aliphatic carbocycles. The Morgan fingerprint density at radius 2 is 1.85 bits per heavy atom. The van der Waals surface area contributed by atoms with Crippen LogP contribution in [0.4, 0.5) is 10.1 Å². The lowest BCUT2D eigenvalue weighted by Crippen LogP contribution is -2.36. The van der Waals surface area contributed by atoms with E-state index in [2.05, 4.69) is 38.2 Å². The zero-order valence-electron chi connectivity index (χ0n) is 16.2. The Kier molecular flexibility index (Phi) is 5.05. The molecule has 1 heterocycles. The smallest absolute Gasteiger partial charge is 0.230 e. The number of carbonyl (C=O) groups excluding carboxylic acids is 2.